The molecular formula is C12H20BrN5. The van der Waals surface area contributed by atoms with Crippen LogP contribution in [0.5, 0.6) is 0 Å². The van der Waals surface area contributed by atoms with Crippen LogP contribution in [0.1, 0.15) is 19.8 Å². The Labute approximate surface area is 117 Å². The molecule has 2 heterocycles. The van der Waals surface area contributed by atoms with E-state index in [0.717, 1.165) is 29.2 Å². The molecule has 1 unspecified atom stereocenters. The van der Waals surface area contributed by atoms with Crippen LogP contribution in [0.3, 0.4) is 0 Å². The van der Waals surface area contributed by atoms with E-state index in [9.17, 15) is 0 Å². The van der Waals surface area contributed by atoms with E-state index in [4.69, 9.17) is 0 Å². The molecule has 0 saturated carbocycles. The molecule has 6 heteroatoms. The van der Waals surface area contributed by atoms with Crippen molar-refractivity contribution in [2.75, 3.05) is 37.3 Å². The van der Waals surface area contributed by atoms with Gasteiger partial charge in [-0.05, 0) is 49.3 Å². The third-order valence-electron chi connectivity index (χ3n) is 3.31. The molecule has 1 aromatic heterocycles. The Hall–Kier alpha value is -0.880. The summed E-state index contributed by atoms with van der Waals surface area (Å²) in [5.74, 6) is 1.70. The van der Waals surface area contributed by atoms with E-state index in [2.05, 4.69) is 55.4 Å². The summed E-state index contributed by atoms with van der Waals surface area (Å²) in [4.78, 5) is 10.9. The lowest BCUT2D eigenvalue weighted by Gasteiger charge is -2.20. The van der Waals surface area contributed by atoms with Gasteiger partial charge in [0.25, 0.3) is 0 Å². The van der Waals surface area contributed by atoms with Gasteiger partial charge < -0.3 is 15.5 Å². The average molecular weight is 314 g/mol. The Bertz CT molecular complexity index is 398. The molecule has 2 N–H and O–H groups in total. The van der Waals surface area contributed by atoms with Gasteiger partial charge in [-0.2, -0.15) is 0 Å². The van der Waals surface area contributed by atoms with Gasteiger partial charge in [0.2, 0.25) is 0 Å². The highest BCUT2D eigenvalue weighted by Crippen LogP contribution is 2.26. The lowest BCUT2D eigenvalue weighted by atomic mass is 10.2. The molecule has 0 spiro atoms. The van der Waals surface area contributed by atoms with Crippen LogP contribution in [0.15, 0.2) is 10.8 Å². The number of likely N-dealkylation sites (N-methyl/N-ethyl adjacent to an activating group) is 1. The summed E-state index contributed by atoms with van der Waals surface area (Å²) < 4.78 is 0.910. The minimum absolute atomic E-state index is 0.606. The summed E-state index contributed by atoms with van der Waals surface area (Å²) in [5, 5.41) is 6.61. The van der Waals surface area contributed by atoms with Crippen molar-refractivity contribution in [3.8, 4) is 0 Å². The van der Waals surface area contributed by atoms with Gasteiger partial charge in [-0.3, -0.25) is 0 Å². The number of nitrogens with zero attached hydrogens (tertiary/aromatic N) is 3. The van der Waals surface area contributed by atoms with Crippen LogP contribution in [-0.2, 0) is 0 Å². The largest absolute Gasteiger partial charge is 0.369 e. The first-order chi connectivity index (χ1) is 8.72. The topological polar surface area (TPSA) is 53.1 Å². The Kier molecular flexibility index (Phi) is 4.77. The number of hydrogen-bond acceptors (Lipinski definition) is 5. The van der Waals surface area contributed by atoms with E-state index in [-0.39, 0.29) is 0 Å². The molecule has 1 aliphatic heterocycles. The fourth-order valence-corrected chi connectivity index (χ4v) is 2.72. The zero-order chi connectivity index (χ0) is 13.0. The summed E-state index contributed by atoms with van der Waals surface area (Å²) >= 11 is 3.54. The molecule has 0 aromatic carbocycles. The van der Waals surface area contributed by atoms with Crippen molar-refractivity contribution in [1.82, 2.24) is 14.9 Å². The molecule has 100 valence electrons. The van der Waals surface area contributed by atoms with Crippen LogP contribution in [-0.4, -0.2) is 47.6 Å². The fraction of sp³-hybridized carbons (Fsp3) is 0.667. The number of halogens is 1. The highest BCUT2D eigenvalue weighted by atomic mass is 79.9. The van der Waals surface area contributed by atoms with Gasteiger partial charge in [-0.1, -0.05) is 0 Å². The molecular weight excluding hydrogens is 294 g/mol. The minimum Gasteiger partial charge on any atom is -0.369 e. The predicted molar refractivity (Wildman–Crippen MR) is 78.0 cm³/mol. The van der Waals surface area contributed by atoms with E-state index in [1.807, 2.05) is 0 Å². The maximum absolute atomic E-state index is 4.28. The first kappa shape index (κ1) is 13.5. The molecule has 0 aliphatic carbocycles. The fourth-order valence-electron chi connectivity index (χ4n) is 2.24. The zero-order valence-corrected chi connectivity index (χ0v) is 12.5. The second-order valence-electron chi connectivity index (χ2n) is 4.57. The molecule has 1 fully saturated rings. The van der Waals surface area contributed by atoms with Crippen molar-refractivity contribution in [3.63, 3.8) is 0 Å². The lowest BCUT2D eigenvalue weighted by Crippen LogP contribution is -2.31. The molecule has 0 amide bonds. The van der Waals surface area contributed by atoms with E-state index in [0.29, 0.717) is 6.04 Å². The van der Waals surface area contributed by atoms with Gasteiger partial charge in [0.15, 0.2) is 0 Å². The van der Waals surface area contributed by atoms with Crippen LogP contribution >= 0.6 is 15.9 Å². The third-order valence-corrected chi connectivity index (χ3v) is 4.06. The first-order valence-corrected chi connectivity index (χ1v) is 7.20. The second-order valence-corrected chi connectivity index (χ2v) is 5.37. The Morgan fingerprint density at radius 1 is 1.39 bits per heavy atom. The quantitative estimate of drug-likeness (QED) is 0.872. The molecule has 0 radical (unpaired) electrons. The van der Waals surface area contributed by atoms with Crippen molar-refractivity contribution >= 4 is 27.6 Å². The highest BCUT2D eigenvalue weighted by Gasteiger charge is 2.20. The summed E-state index contributed by atoms with van der Waals surface area (Å²) in [6.45, 7) is 5.02. The Balaban J connectivity index is 1.98. The monoisotopic (exact) mass is 313 g/mol. The molecule has 1 aromatic rings. The van der Waals surface area contributed by atoms with E-state index in [1.165, 1.54) is 19.4 Å². The van der Waals surface area contributed by atoms with Crippen LogP contribution < -0.4 is 10.6 Å². The molecule has 0 bridgehead atoms. The summed E-state index contributed by atoms with van der Waals surface area (Å²) in [6.07, 6.45) is 4.13. The van der Waals surface area contributed by atoms with Crippen molar-refractivity contribution in [2.24, 2.45) is 0 Å². The maximum atomic E-state index is 4.28. The summed E-state index contributed by atoms with van der Waals surface area (Å²) in [5.41, 5.74) is 0. The number of anilines is 2. The van der Waals surface area contributed by atoms with Crippen molar-refractivity contribution in [1.29, 1.82) is 0 Å². The van der Waals surface area contributed by atoms with Crippen LogP contribution in [0, 0.1) is 0 Å². The van der Waals surface area contributed by atoms with Gasteiger partial charge in [-0.25, -0.2) is 9.97 Å². The van der Waals surface area contributed by atoms with Gasteiger partial charge in [0.1, 0.15) is 22.4 Å². The standard InChI is InChI=1S/C12H20BrN5/c1-3-14-11-10(13)12(17-8-16-11)15-7-9-5-4-6-18(9)2/h8-9H,3-7H2,1-2H3,(H2,14,15,16,17). The Morgan fingerprint density at radius 2 is 2.11 bits per heavy atom. The van der Waals surface area contributed by atoms with E-state index >= 15 is 0 Å². The van der Waals surface area contributed by atoms with Crippen molar-refractivity contribution in [2.45, 2.75) is 25.8 Å². The van der Waals surface area contributed by atoms with E-state index in [1.54, 1.807) is 6.33 Å². The number of likely N-dealkylation sites (tertiary alicyclic amines) is 1. The Morgan fingerprint density at radius 3 is 2.72 bits per heavy atom. The molecule has 2 rings (SSSR count). The SMILES string of the molecule is CCNc1ncnc(NCC2CCCN2C)c1Br. The third kappa shape index (κ3) is 3.11. The minimum atomic E-state index is 0.606. The van der Waals surface area contributed by atoms with Crippen molar-refractivity contribution < 1.29 is 0 Å². The molecule has 1 aliphatic rings. The number of nitrogens with one attached hydrogen (secondary N) is 2. The number of aromatic nitrogens is 2. The molecule has 1 saturated heterocycles. The molecule has 5 nitrogen and oxygen atoms in total. The van der Waals surface area contributed by atoms with Crippen LogP contribution in [0.2, 0.25) is 0 Å². The number of rotatable bonds is 5. The molecule has 18 heavy (non-hydrogen) atoms. The summed E-state index contributed by atoms with van der Waals surface area (Å²) in [6, 6.07) is 0.606. The van der Waals surface area contributed by atoms with Crippen LogP contribution in [0.25, 0.3) is 0 Å². The first-order valence-electron chi connectivity index (χ1n) is 6.40. The zero-order valence-electron chi connectivity index (χ0n) is 10.9. The second kappa shape index (κ2) is 6.33. The predicted octanol–water partition coefficient (Wildman–Crippen LogP) is 2.18. The van der Waals surface area contributed by atoms with Gasteiger partial charge in [0, 0.05) is 19.1 Å². The summed E-state index contributed by atoms with van der Waals surface area (Å²) in [7, 11) is 2.18. The van der Waals surface area contributed by atoms with Gasteiger partial charge >= 0.3 is 0 Å². The smallest absolute Gasteiger partial charge is 0.146 e. The number of hydrogen-bond donors (Lipinski definition) is 2. The van der Waals surface area contributed by atoms with Gasteiger partial charge in [-0.15, -0.1) is 0 Å². The highest BCUT2D eigenvalue weighted by molar-refractivity contribution is 9.10. The average Bonchev–Trinajstić information content (AvgIpc) is 2.76. The maximum Gasteiger partial charge on any atom is 0.146 e. The van der Waals surface area contributed by atoms with Crippen LogP contribution in [0.4, 0.5) is 11.6 Å². The van der Waals surface area contributed by atoms with Crippen molar-refractivity contribution in [3.05, 3.63) is 10.8 Å². The lowest BCUT2D eigenvalue weighted by molar-refractivity contribution is 0.322. The van der Waals surface area contributed by atoms with Gasteiger partial charge in [0.05, 0.1) is 0 Å². The molecule has 1 atom stereocenters. The van der Waals surface area contributed by atoms with E-state index < -0.39 is 0 Å². The normalized spacial score (nSPS) is 20.1.